The summed E-state index contributed by atoms with van der Waals surface area (Å²) in [5, 5.41) is 16.5. The number of ether oxygens (including phenoxy) is 1. The first-order valence-electron chi connectivity index (χ1n) is 4.93. The molecule has 0 saturated carbocycles. The summed E-state index contributed by atoms with van der Waals surface area (Å²) >= 11 is 2.99. The molecule has 0 aromatic heterocycles. The van der Waals surface area contributed by atoms with E-state index in [0.717, 1.165) is 0 Å². The summed E-state index contributed by atoms with van der Waals surface area (Å²) in [5.74, 6) is -0.723. The van der Waals surface area contributed by atoms with Gasteiger partial charge in [0.25, 0.3) is 0 Å². The molecule has 0 spiro atoms. The first-order valence-corrected chi connectivity index (χ1v) is 5.72. The second-order valence-electron chi connectivity index (χ2n) is 2.92. The van der Waals surface area contributed by atoms with Gasteiger partial charge in [0.05, 0.1) is 0 Å². The Hall–Kier alpha value is -0.563. The Balaban J connectivity index is 0. The van der Waals surface area contributed by atoms with Crippen LogP contribution in [0.25, 0.3) is 0 Å². The maximum absolute atomic E-state index is 12.7. The minimum absolute atomic E-state index is 0. The number of nitriles is 1. The molecule has 0 heterocycles. The van der Waals surface area contributed by atoms with Crippen molar-refractivity contribution in [1.82, 2.24) is 0 Å². The molecule has 0 aliphatic heterocycles. The predicted molar refractivity (Wildman–Crippen MR) is 69.6 cm³/mol. The van der Waals surface area contributed by atoms with Gasteiger partial charge < -0.3 is 22.5 Å². The van der Waals surface area contributed by atoms with Gasteiger partial charge in [0, 0.05) is 11.9 Å². The molecule has 7 heteroatoms. The number of hydrogen-bond donors (Lipinski definition) is 2. The van der Waals surface area contributed by atoms with Gasteiger partial charge in [-0.2, -0.15) is 0 Å². The minimum Gasteiger partial charge on any atom is -0.445 e. The van der Waals surface area contributed by atoms with Crippen LogP contribution in [0.3, 0.4) is 0 Å². The molecule has 0 saturated heterocycles. The maximum atomic E-state index is 12.7. The maximum Gasteiger partial charge on any atom is 1.00 e. The molecular formula is C12H13BrFLiN2O2-2. The predicted octanol–water partition coefficient (Wildman–Crippen LogP) is -1.12. The van der Waals surface area contributed by atoms with Crippen LogP contribution >= 0.6 is 15.9 Å². The summed E-state index contributed by atoms with van der Waals surface area (Å²) in [7, 11) is 0. The van der Waals surface area contributed by atoms with Crippen LogP contribution in [0.2, 0.25) is 0 Å². The number of nitrogens with two attached hydrogens (primary N) is 1. The molecule has 0 amide bonds. The molecule has 4 nitrogen and oxygen atoms in total. The monoisotopic (exact) mass is 322 g/mol. The third kappa shape index (κ3) is 9.04. The summed E-state index contributed by atoms with van der Waals surface area (Å²) in [6.07, 6.45) is 1.63. The molecule has 0 fully saturated rings. The minimum atomic E-state index is -0.723. The molecule has 0 aliphatic carbocycles. The Labute approximate surface area is 133 Å². The van der Waals surface area contributed by atoms with E-state index in [1.54, 1.807) is 12.5 Å². The van der Waals surface area contributed by atoms with Crippen molar-refractivity contribution >= 4 is 21.6 Å². The number of halogens is 2. The van der Waals surface area contributed by atoms with Crippen molar-refractivity contribution in [3.05, 3.63) is 41.3 Å². The van der Waals surface area contributed by atoms with Gasteiger partial charge >= 0.3 is 18.9 Å². The third-order valence-electron chi connectivity index (χ3n) is 1.64. The molecule has 0 bridgehead atoms. The van der Waals surface area contributed by atoms with Crippen LogP contribution in [0.15, 0.2) is 10.5 Å². The molecule has 0 unspecified atom stereocenters. The zero-order valence-electron chi connectivity index (χ0n) is 10.6. The SMILES string of the molecule is N#Cc1c(F)[c-]c(Br)cc1N.[CH2-]COC[CH-]CO.[Li+]. The molecule has 1 aromatic carbocycles. The van der Waals surface area contributed by atoms with Crippen molar-refractivity contribution in [2.45, 2.75) is 0 Å². The van der Waals surface area contributed by atoms with Crippen molar-refractivity contribution in [2.24, 2.45) is 0 Å². The summed E-state index contributed by atoms with van der Waals surface area (Å²) < 4.78 is 17.9. The fourth-order valence-corrected chi connectivity index (χ4v) is 1.29. The van der Waals surface area contributed by atoms with Crippen molar-refractivity contribution < 1.29 is 33.1 Å². The van der Waals surface area contributed by atoms with Crippen molar-refractivity contribution in [2.75, 3.05) is 25.6 Å². The molecule has 0 aliphatic rings. The van der Waals surface area contributed by atoms with Gasteiger partial charge in [-0.1, -0.05) is 45.9 Å². The smallest absolute Gasteiger partial charge is 0.445 e. The molecule has 19 heavy (non-hydrogen) atoms. The van der Waals surface area contributed by atoms with E-state index in [0.29, 0.717) is 17.7 Å². The fraction of sp³-hybridized carbons (Fsp3) is 0.250. The second-order valence-corrected chi connectivity index (χ2v) is 3.77. The Kier molecular flexibility index (Phi) is 13.6. The van der Waals surface area contributed by atoms with Gasteiger partial charge in [-0.3, -0.25) is 6.42 Å². The van der Waals surface area contributed by atoms with E-state index in [1.165, 1.54) is 6.07 Å². The van der Waals surface area contributed by atoms with Crippen LogP contribution < -0.4 is 24.6 Å². The molecule has 1 aromatic rings. The Morgan fingerprint density at radius 3 is 2.74 bits per heavy atom. The standard InChI is InChI=1S/C7H3BrFN2.C5H10O2.Li/c8-4-1-6(9)5(3-10)7(11)2-4;1-2-7-5-3-4-6;/h2H,11H2;3,6H,1-2,4-5H2;/q-1;-2;+1. The zero-order chi connectivity index (χ0) is 14.0. The number of aliphatic hydroxyl groups is 1. The average Bonchev–Trinajstić information content (AvgIpc) is 2.30. The normalized spacial score (nSPS) is 8.79. The van der Waals surface area contributed by atoms with Gasteiger partial charge in [0.1, 0.15) is 0 Å². The van der Waals surface area contributed by atoms with E-state index in [-0.39, 0.29) is 36.7 Å². The fourth-order valence-electron chi connectivity index (χ4n) is 0.872. The van der Waals surface area contributed by atoms with Crippen LogP contribution in [-0.2, 0) is 4.74 Å². The number of rotatable bonds is 4. The van der Waals surface area contributed by atoms with Crippen LogP contribution in [0.5, 0.6) is 0 Å². The molecule has 3 N–H and O–H groups in total. The van der Waals surface area contributed by atoms with E-state index in [4.69, 9.17) is 20.8 Å². The number of hydrogen-bond acceptors (Lipinski definition) is 4. The first kappa shape index (κ1) is 20.7. The molecule has 0 radical (unpaired) electrons. The van der Waals surface area contributed by atoms with Gasteiger partial charge in [0.2, 0.25) is 0 Å². The first-order chi connectivity index (χ1) is 8.56. The van der Waals surface area contributed by atoms with Crippen molar-refractivity contribution in [1.29, 1.82) is 5.26 Å². The van der Waals surface area contributed by atoms with Crippen LogP contribution in [0, 0.1) is 36.6 Å². The second kappa shape index (κ2) is 12.5. The van der Waals surface area contributed by atoms with E-state index in [2.05, 4.69) is 28.9 Å². The molecule has 1 rings (SSSR count). The van der Waals surface area contributed by atoms with Crippen molar-refractivity contribution in [3.63, 3.8) is 0 Å². The Morgan fingerprint density at radius 1 is 1.68 bits per heavy atom. The van der Waals surface area contributed by atoms with Gasteiger partial charge in [-0.05, 0) is 5.56 Å². The van der Waals surface area contributed by atoms with Gasteiger partial charge in [0.15, 0.2) is 0 Å². The van der Waals surface area contributed by atoms with E-state index < -0.39 is 5.82 Å². The third-order valence-corrected chi connectivity index (χ3v) is 2.07. The summed E-state index contributed by atoms with van der Waals surface area (Å²) in [6, 6.07) is 5.35. The number of aliphatic hydroxyl groups excluding tert-OH is 1. The topological polar surface area (TPSA) is 79.3 Å². The van der Waals surface area contributed by atoms with E-state index >= 15 is 0 Å². The largest absolute Gasteiger partial charge is 1.00 e. The number of nitrogen functional groups attached to an aromatic ring is 1. The summed E-state index contributed by atoms with van der Waals surface area (Å²) in [5.41, 5.74) is 5.28. The van der Waals surface area contributed by atoms with E-state index in [9.17, 15) is 4.39 Å². The molecule has 100 valence electrons. The van der Waals surface area contributed by atoms with Crippen LogP contribution in [0.1, 0.15) is 5.56 Å². The van der Waals surface area contributed by atoms with E-state index in [1.807, 2.05) is 0 Å². The quantitative estimate of drug-likeness (QED) is 0.318. The van der Waals surface area contributed by atoms with Gasteiger partial charge in [-0.25, -0.2) is 9.65 Å². The zero-order valence-corrected chi connectivity index (χ0v) is 12.2. The number of nitrogens with zero attached hydrogens (tertiary/aromatic N) is 1. The molecular weight excluding hydrogens is 310 g/mol. The van der Waals surface area contributed by atoms with Crippen molar-refractivity contribution in [3.8, 4) is 6.07 Å². The summed E-state index contributed by atoms with van der Waals surface area (Å²) in [6.45, 7) is 4.49. The molecule has 0 atom stereocenters. The van der Waals surface area contributed by atoms with Gasteiger partial charge in [-0.15, -0.1) is 12.1 Å². The number of anilines is 1. The van der Waals surface area contributed by atoms with Crippen LogP contribution in [0.4, 0.5) is 10.1 Å². The Morgan fingerprint density at radius 2 is 2.32 bits per heavy atom. The Bertz CT molecular complexity index is 386. The number of benzene rings is 1. The van der Waals surface area contributed by atoms with Crippen LogP contribution in [-0.4, -0.2) is 24.9 Å². The summed E-state index contributed by atoms with van der Waals surface area (Å²) in [4.78, 5) is 0. The average molecular weight is 323 g/mol.